The fourth-order valence-corrected chi connectivity index (χ4v) is 2.74. The van der Waals surface area contributed by atoms with Gasteiger partial charge in [0.15, 0.2) is 5.96 Å². The van der Waals surface area contributed by atoms with E-state index in [2.05, 4.69) is 58.0 Å². The molecular weight excluding hydrogens is 340 g/mol. The molecule has 7 nitrogen and oxygen atoms in total. The second-order valence-electron chi connectivity index (χ2n) is 6.48. The van der Waals surface area contributed by atoms with Crippen LogP contribution in [0.15, 0.2) is 35.6 Å². The Labute approximate surface area is 162 Å². The summed E-state index contributed by atoms with van der Waals surface area (Å²) in [7, 11) is 3.77. The first-order valence-corrected chi connectivity index (χ1v) is 9.67. The van der Waals surface area contributed by atoms with E-state index in [-0.39, 0.29) is 0 Å². The van der Waals surface area contributed by atoms with Crippen molar-refractivity contribution in [3.63, 3.8) is 0 Å². The highest BCUT2D eigenvalue weighted by molar-refractivity contribution is 5.79. The lowest BCUT2D eigenvalue weighted by Gasteiger charge is -2.22. The second-order valence-corrected chi connectivity index (χ2v) is 6.48. The number of benzene rings is 1. The number of hydrogen-bond donors (Lipinski definition) is 1. The molecule has 1 aromatic carbocycles. The molecule has 1 aromatic heterocycles. The Balaban J connectivity index is 1.98. The van der Waals surface area contributed by atoms with E-state index >= 15 is 0 Å². The number of nitrogens with one attached hydrogen (secondary N) is 1. The molecule has 0 fully saturated rings. The van der Waals surface area contributed by atoms with Crippen molar-refractivity contribution in [2.75, 3.05) is 27.2 Å². The quantitative estimate of drug-likeness (QED) is 0.513. The maximum atomic E-state index is 5.22. The van der Waals surface area contributed by atoms with E-state index in [9.17, 15) is 0 Å². The van der Waals surface area contributed by atoms with Crippen LogP contribution in [0.4, 0.5) is 0 Å². The third kappa shape index (κ3) is 6.58. The summed E-state index contributed by atoms with van der Waals surface area (Å²) < 4.78 is 7.30. The number of aryl methyl sites for hydroxylation is 1. The molecule has 0 unspecified atom stereocenters. The van der Waals surface area contributed by atoms with Gasteiger partial charge in [-0.15, -0.1) is 10.2 Å². The zero-order valence-corrected chi connectivity index (χ0v) is 17.0. The molecule has 0 atom stereocenters. The summed E-state index contributed by atoms with van der Waals surface area (Å²) in [6, 6.07) is 8.04. The first-order chi connectivity index (χ1) is 13.2. The molecule has 0 radical (unpaired) electrons. The van der Waals surface area contributed by atoms with Gasteiger partial charge in [0.1, 0.15) is 17.9 Å². The number of methoxy groups -OCH3 is 1. The predicted octanol–water partition coefficient (Wildman–Crippen LogP) is 2.73. The van der Waals surface area contributed by atoms with Crippen molar-refractivity contribution in [1.29, 1.82) is 0 Å². The van der Waals surface area contributed by atoms with Crippen LogP contribution in [0.1, 0.15) is 38.1 Å². The Kier molecular flexibility index (Phi) is 8.61. The van der Waals surface area contributed by atoms with Crippen molar-refractivity contribution < 1.29 is 4.74 Å². The molecule has 0 saturated heterocycles. The van der Waals surface area contributed by atoms with E-state index in [1.54, 1.807) is 13.4 Å². The second kappa shape index (κ2) is 11.2. The van der Waals surface area contributed by atoms with E-state index in [0.29, 0.717) is 6.54 Å². The molecule has 27 heavy (non-hydrogen) atoms. The fraction of sp³-hybridized carbons (Fsp3) is 0.550. The average Bonchev–Trinajstić information content (AvgIpc) is 3.16. The molecule has 7 heteroatoms. The van der Waals surface area contributed by atoms with Crippen LogP contribution >= 0.6 is 0 Å². The van der Waals surface area contributed by atoms with Crippen LogP contribution in [-0.4, -0.2) is 52.9 Å². The molecule has 0 spiro atoms. The zero-order chi connectivity index (χ0) is 19.5. The van der Waals surface area contributed by atoms with Gasteiger partial charge >= 0.3 is 0 Å². The lowest BCUT2D eigenvalue weighted by molar-refractivity contribution is 0.414. The SMILES string of the molecule is CCCCN(C)C(=NCc1ccc(OC)cc1)NCCn1cnnc1CC. The summed E-state index contributed by atoms with van der Waals surface area (Å²) in [6.45, 7) is 7.51. The Morgan fingerprint density at radius 3 is 2.70 bits per heavy atom. The van der Waals surface area contributed by atoms with Gasteiger partial charge in [-0.25, -0.2) is 4.99 Å². The lowest BCUT2D eigenvalue weighted by atomic mass is 10.2. The zero-order valence-electron chi connectivity index (χ0n) is 17.0. The van der Waals surface area contributed by atoms with E-state index in [1.807, 2.05) is 12.1 Å². The molecule has 2 aromatic rings. The highest BCUT2D eigenvalue weighted by Gasteiger charge is 2.07. The molecule has 0 aliphatic carbocycles. The number of nitrogens with zero attached hydrogens (tertiary/aromatic N) is 5. The molecule has 148 valence electrons. The van der Waals surface area contributed by atoms with Crippen LogP contribution in [0.25, 0.3) is 0 Å². The van der Waals surface area contributed by atoms with E-state index in [1.165, 1.54) is 0 Å². The monoisotopic (exact) mass is 372 g/mol. The van der Waals surface area contributed by atoms with Gasteiger partial charge in [-0.3, -0.25) is 0 Å². The number of ether oxygens (including phenoxy) is 1. The van der Waals surface area contributed by atoms with E-state index in [0.717, 1.165) is 62.0 Å². The summed E-state index contributed by atoms with van der Waals surface area (Å²) >= 11 is 0. The highest BCUT2D eigenvalue weighted by atomic mass is 16.5. The first kappa shape index (κ1) is 20.7. The predicted molar refractivity (Wildman–Crippen MR) is 109 cm³/mol. The molecular formula is C20H32N6O. The van der Waals surface area contributed by atoms with E-state index < -0.39 is 0 Å². The minimum atomic E-state index is 0.635. The van der Waals surface area contributed by atoms with Gasteiger partial charge in [-0.2, -0.15) is 0 Å². The van der Waals surface area contributed by atoms with Crippen molar-refractivity contribution in [2.24, 2.45) is 4.99 Å². The summed E-state index contributed by atoms with van der Waals surface area (Å²) in [5, 5.41) is 11.6. The van der Waals surface area contributed by atoms with Gasteiger partial charge in [0.2, 0.25) is 0 Å². The Bertz CT molecular complexity index is 695. The van der Waals surface area contributed by atoms with Crippen molar-refractivity contribution >= 4 is 5.96 Å². The topological polar surface area (TPSA) is 67.6 Å². The van der Waals surface area contributed by atoms with Gasteiger partial charge in [0, 0.05) is 33.1 Å². The van der Waals surface area contributed by atoms with Gasteiger partial charge in [-0.1, -0.05) is 32.4 Å². The summed E-state index contributed by atoms with van der Waals surface area (Å²) in [4.78, 5) is 7.01. The Hall–Kier alpha value is -2.57. The maximum Gasteiger partial charge on any atom is 0.194 e. The van der Waals surface area contributed by atoms with Gasteiger partial charge in [-0.05, 0) is 24.1 Å². The van der Waals surface area contributed by atoms with Crippen molar-refractivity contribution in [1.82, 2.24) is 25.0 Å². The number of unbranched alkanes of at least 4 members (excludes halogenated alkanes) is 1. The third-order valence-electron chi connectivity index (χ3n) is 4.43. The van der Waals surface area contributed by atoms with Crippen molar-refractivity contribution in [3.05, 3.63) is 42.0 Å². The van der Waals surface area contributed by atoms with Gasteiger partial charge < -0.3 is 19.5 Å². The molecule has 2 rings (SSSR count). The van der Waals surface area contributed by atoms with Crippen LogP contribution in [0.3, 0.4) is 0 Å². The Morgan fingerprint density at radius 1 is 1.26 bits per heavy atom. The smallest absolute Gasteiger partial charge is 0.194 e. The molecule has 1 N–H and O–H groups in total. The first-order valence-electron chi connectivity index (χ1n) is 9.67. The lowest BCUT2D eigenvalue weighted by Crippen LogP contribution is -2.41. The van der Waals surface area contributed by atoms with E-state index in [4.69, 9.17) is 9.73 Å². The van der Waals surface area contributed by atoms with Crippen LogP contribution in [0.2, 0.25) is 0 Å². The van der Waals surface area contributed by atoms with Crippen molar-refractivity contribution in [3.8, 4) is 5.75 Å². The van der Waals surface area contributed by atoms with Crippen molar-refractivity contribution in [2.45, 2.75) is 46.2 Å². The average molecular weight is 373 g/mol. The van der Waals surface area contributed by atoms with Gasteiger partial charge in [0.05, 0.1) is 13.7 Å². The minimum Gasteiger partial charge on any atom is -0.497 e. The Morgan fingerprint density at radius 2 is 2.04 bits per heavy atom. The molecule has 0 aliphatic heterocycles. The highest BCUT2D eigenvalue weighted by Crippen LogP contribution is 2.12. The summed E-state index contributed by atoms with van der Waals surface area (Å²) in [5.41, 5.74) is 1.16. The number of hydrogen-bond acceptors (Lipinski definition) is 4. The van der Waals surface area contributed by atoms with Gasteiger partial charge in [0.25, 0.3) is 0 Å². The minimum absolute atomic E-state index is 0.635. The molecule has 0 bridgehead atoms. The number of aromatic nitrogens is 3. The number of guanidine groups is 1. The standard InChI is InChI=1S/C20H32N6O/c1-5-7-13-25(3)20(21-12-14-26-16-23-24-19(26)6-2)22-15-17-8-10-18(27-4)11-9-17/h8-11,16H,5-7,12-15H2,1-4H3,(H,21,22). The van der Waals surface area contributed by atoms with Crippen LogP contribution in [0.5, 0.6) is 5.75 Å². The summed E-state index contributed by atoms with van der Waals surface area (Å²) in [6.07, 6.45) is 4.98. The largest absolute Gasteiger partial charge is 0.497 e. The molecule has 1 heterocycles. The molecule has 0 aliphatic rings. The number of rotatable bonds is 10. The summed E-state index contributed by atoms with van der Waals surface area (Å²) in [5.74, 6) is 2.79. The van der Waals surface area contributed by atoms with Crippen LogP contribution in [-0.2, 0) is 19.5 Å². The number of aliphatic imine (C=N–C) groups is 1. The van der Waals surface area contributed by atoms with Crippen LogP contribution < -0.4 is 10.1 Å². The van der Waals surface area contributed by atoms with Crippen LogP contribution in [0, 0.1) is 0 Å². The normalized spacial score (nSPS) is 11.5. The molecule has 0 saturated carbocycles. The third-order valence-corrected chi connectivity index (χ3v) is 4.43. The fourth-order valence-electron chi connectivity index (χ4n) is 2.74. The molecule has 0 amide bonds. The maximum absolute atomic E-state index is 5.22.